The summed E-state index contributed by atoms with van der Waals surface area (Å²) in [6.07, 6.45) is 1.28. The number of halogens is 2. The summed E-state index contributed by atoms with van der Waals surface area (Å²) in [6, 6.07) is 10.0. The van der Waals surface area contributed by atoms with Crippen molar-refractivity contribution in [2.75, 3.05) is 14.1 Å². The van der Waals surface area contributed by atoms with Gasteiger partial charge < -0.3 is 30.1 Å². The third-order valence-electron chi connectivity index (χ3n) is 6.41. The Kier molecular flexibility index (Phi) is 13.9. The van der Waals surface area contributed by atoms with Gasteiger partial charge >= 0.3 is 116 Å². The van der Waals surface area contributed by atoms with E-state index in [0.29, 0.717) is 11.5 Å². The summed E-state index contributed by atoms with van der Waals surface area (Å²) < 4.78 is 31.7. The summed E-state index contributed by atoms with van der Waals surface area (Å²) in [4.78, 5) is 0.288. The Morgan fingerprint density at radius 1 is 1.03 bits per heavy atom. The van der Waals surface area contributed by atoms with Crippen LogP contribution in [0.25, 0.3) is 0 Å². The summed E-state index contributed by atoms with van der Waals surface area (Å²) in [5.41, 5.74) is 6.28. The molecule has 0 aliphatic carbocycles. The van der Waals surface area contributed by atoms with E-state index in [1.165, 1.54) is 47.1 Å². The summed E-state index contributed by atoms with van der Waals surface area (Å²) in [5, 5.41) is 7.73. The zero-order valence-electron chi connectivity index (χ0n) is 24.6. The van der Waals surface area contributed by atoms with E-state index in [4.69, 9.17) is 4.74 Å². The largest absolute Gasteiger partial charge is 1.00 e. The topological polar surface area (TPSA) is 58.6 Å². The van der Waals surface area contributed by atoms with Crippen LogP contribution >= 0.6 is 0 Å². The number of benzene rings is 2. The van der Waals surface area contributed by atoms with Crippen molar-refractivity contribution in [3.05, 3.63) is 52.6 Å². The molecule has 1 aliphatic heterocycles. The molecule has 1 fully saturated rings. The first-order chi connectivity index (χ1) is 16.4. The van der Waals surface area contributed by atoms with E-state index in [2.05, 4.69) is 71.0 Å². The van der Waals surface area contributed by atoms with Gasteiger partial charge in [-0.15, -0.1) is 0 Å². The van der Waals surface area contributed by atoms with Gasteiger partial charge in [-0.3, -0.25) is 0 Å². The molecule has 0 saturated carbocycles. The number of sulfonamides is 1. The molecule has 1 unspecified atom stereocenters. The summed E-state index contributed by atoms with van der Waals surface area (Å²) in [5.74, 6) is 0.732. The summed E-state index contributed by atoms with van der Waals surface area (Å²) >= 11 is -0.310. The van der Waals surface area contributed by atoms with E-state index >= 15 is 0 Å². The van der Waals surface area contributed by atoms with Crippen molar-refractivity contribution in [1.82, 2.24) is 9.62 Å². The first-order valence-electron chi connectivity index (χ1n) is 12.4. The number of hydrogen-bond acceptors (Lipinski definition) is 4. The molecule has 1 N–H and O–H groups in total. The van der Waals surface area contributed by atoms with E-state index < -0.39 is 10.0 Å². The normalized spacial score (nSPS) is 17.7. The maximum absolute atomic E-state index is 12.0. The molecule has 0 aromatic heterocycles. The van der Waals surface area contributed by atoms with E-state index in [9.17, 15) is 8.42 Å². The monoisotopic (exact) mass is 673 g/mol. The number of nitrogens with one attached hydrogen (secondary N) is 1. The summed E-state index contributed by atoms with van der Waals surface area (Å²) in [6.45, 7) is 20.0. The molecule has 0 radical (unpaired) electrons. The van der Waals surface area contributed by atoms with Crippen LogP contribution in [-0.2, 0) is 26.7 Å². The molecule has 0 bridgehead atoms. The quantitative estimate of drug-likeness (QED) is 0.414. The first kappa shape index (κ1) is 37.2. The van der Waals surface area contributed by atoms with Gasteiger partial charge in [0.15, 0.2) is 0 Å². The van der Waals surface area contributed by atoms with E-state index in [-0.39, 0.29) is 58.0 Å². The Balaban J connectivity index is 0.000000684. The number of ether oxygens (including phenoxy) is 1. The smallest absolute Gasteiger partial charge is 1.00 e. The van der Waals surface area contributed by atoms with Crippen molar-refractivity contribution in [3.8, 4) is 5.75 Å². The molecule has 1 aliphatic rings. The third-order valence-corrected chi connectivity index (χ3v) is 9.56. The van der Waals surface area contributed by atoms with E-state index in [1.807, 2.05) is 13.8 Å². The minimum atomic E-state index is -3.39. The van der Waals surface area contributed by atoms with Gasteiger partial charge in [0.2, 0.25) is 0 Å². The van der Waals surface area contributed by atoms with Crippen LogP contribution in [0.5, 0.6) is 5.75 Å². The van der Waals surface area contributed by atoms with E-state index in [1.54, 1.807) is 18.2 Å². The van der Waals surface area contributed by atoms with Gasteiger partial charge in [-0.25, -0.2) is 0 Å². The fraction of sp³-hybridized carbons (Fsp3) is 0.552. The maximum Gasteiger partial charge on any atom is -1.00 e. The van der Waals surface area contributed by atoms with Crippen molar-refractivity contribution >= 4 is 19.3 Å². The molecular weight excluding hydrogens is 628 g/mol. The predicted molar refractivity (Wildman–Crippen MR) is 149 cm³/mol. The number of aryl methyl sites for hydroxylation is 3. The average Bonchev–Trinajstić information content (AvgIpc) is 2.94. The molecule has 217 valence electrons. The van der Waals surface area contributed by atoms with Crippen LogP contribution in [0.2, 0.25) is 0 Å². The minimum absolute atomic E-state index is 0. The molecule has 38 heavy (non-hydrogen) atoms. The van der Waals surface area contributed by atoms with Gasteiger partial charge in [0, 0.05) is 11.6 Å². The molecular formula is C29H45Cl2N2O3RuS. The minimum Gasteiger partial charge on any atom is -1.00 e. The molecule has 2 aromatic carbocycles. The van der Waals surface area contributed by atoms with Crippen LogP contribution < -0.4 is 39.0 Å². The maximum atomic E-state index is 12.0. The van der Waals surface area contributed by atoms with Crippen LogP contribution in [0.15, 0.2) is 35.2 Å². The van der Waals surface area contributed by atoms with E-state index in [0.717, 1.165) is 9.91 Å². The van der Waals surface area contributed by atoms with Crippen molar-refractivity contribution in [2.45, 2.75) is 91.3 Å². The molecule has 3 rings (SSSR count). The molecule has 1 saturated heterocycles. The van der Waals surface area contributed by atoms with Crippen molar-refractivity contribution in [2.24, 2.45) is 5.41 Å². The average molecular weight is 674 g/mol. The second kappa shape index (κ2) is 14.2. The van der Waals surface area contributed by atoms with Crippen LogP contribution in [0.3, 0.4) is 0 Å². The Bertz CT molecular complexity index is 1190. The Morgan fingerprint density at radius 3 is 1.95 bits per heavy atom. The van der Waals surface area contributed by atoms with Crippen LogP contribution in [0, 0.1) is 26.2 Å². The fourth-order valence-corrected chi connectivity index (χ4v) is 7.37. The standard InChI is InChI=1S/C17H27N.C11H16NO3S.CH2.2ClH.Ru/c1-11-8-12(2)14(13(3)9-11)15-16(4,5)10-17(6,7)18-15;1-9(2)15-10-5-7-11(8-6-10)16(13,14)12(3)4;;;;/h8-9,15,18H,10H2,1-7H3;5,7-9H,1-4H3;1H2;2*1H;/q;;;;;+2/p-2. The second-order valence-corrected chi connectivity index (χ2v) is 15.3. The van der Waals surface area contributed by atoms with Crippen molar-refractivity contribution < 1.29 is 54.6 Å². The van der Waals surface area contributed by atoms with Gasteiger partial charge in [0.05, 0.1) is 0 Å². The summed E-state index contributed by atoms with van der Waals surface area (Å²) in [7, 11) is -0.352. The fourth-order valence-electron chi connectivity index (χ4n) is 5.28. The van der Waals surface area contributed by atoms with Gasteiger partial charge in [-0.2, -0.15) is 0 Å². The second-order valence-electron chi connectivity index (χ2n) is 11.6. The first-order valence-corrected chi connectivity index (χ1v) is 15.9. The van der Waals surface area contributed by atoms with Crippen molar-refractivity contribution in [3.63, 3.8) is 0 Å². The number of hydrogen-bond donors (Lipinski definition) is 1. The van der Waals surface area contributed by atoms with Crippen molar-refractivity contribution in [1.29, 1.82) is 0 Å². The van der Waals surface area contributed by atoms with Crippen LogP contribution in [0.1, 0.15) is 76.3 Å². The van der Waals surface area contributed by atoms with Crippen LogP contribution in [-0.4, -0.2) is 43.6 Å². The molecule has 2 aromatic rings. The van der Waals surface area contributed by atoms with Gasteiger partial charge in [-0.05, 0) is 63.1 Å². The Morgan fingerprint density at radius 2 is 1.55 bits per heavy atom. The SMILES string of the molecule is Cc1cc(C)c(C2NC(C)(C)CC2(C)C)c(C)c1.[CH2]=[Ru+2][c]1cc(S(=O)(=O)N(C)C)ccc1OC(C)C.[Cl-].[Cl-]. The molecule has 1 atom stereocenters. The van der Waals surface area contributed by atoms with Gasteiger partial charge in [0.1, 0.15) is 0 Å². The van der Waals surface area contributed by atoms with Crippen LogP contribution in [0.4, 0.5) is 0 Å². The molecule has 0 spiro atoms. The van der Waals surface area contributed by atoms with Gasteiger partial charge in [0.25, 0.3) is 0 Å². The molecule has 9 heteroatoms. The molecule has 5 nitrogen and oxygen atoms in total. The zero-order valence-corrected chi connectivity index (χ0v) is 28.7. The predicted octanol–water partition coefficient (Wildman–Crippen LogP) is -0.677. The zero-order chi connectivity index (χ0) is 27.6. The number of nitrogens with zero attached hydrogens (tertiary/aromatic N) is 1. The number of rotatable bonds is 6. The third kappa shape index (κ3) is 9.11. The molecule has 0 amide bonds. The molecule has 1 heterocycles. The van der Waals surface area contributed by atoms with Gasteiger partial charge in [-0.1, -0.05) is 31.5 Å². The Labute approximate surface area is 251 Å². The Hall–Kier alpha value is -0.817.